The van der Waals surface area contributed by atoms with Crippen LogP contribution in [-0.2, 0) is 27.4 Å². The molecule has 0 bridgehead atoms. The van der Waals surface area contributed by atoms with E-state index in [2.05, 4.69) is 5.32 Å². The molecule has 1 aliphatic heterocycles. The number of carbonyl (C=O) groups is 2. The second-order valence-corrected chi connectivity index (χ2v) is 6.77. The topological polar surface area (TPSA) is 109 Å². The number of hydrogen-bond donors (Lipinski definition) is 1. The molecule has 0 saturated heterocycles. The summed E-state index contributed by atoms with van der Waals surface area (Å²) in [6.45, 7) is 2.03. The quantitative estimate of drug-likeness (QED) is 0.591. The molecule has 156 valence electrons. The normalized spacial score (nSPS) is 13.2. The number of rotatable bonds is 7. The highest BCUT2D eigenvalue weighted by Crippen LogP contribution is 2.32. The molecule has 0 aliphatic carbocycles. The van der Waals surface area contributed by atoms with Crippen LogP contribution < -0.4 is 20.5 Å². The molecule has 0 fully saturated rings. The minimum atomic E-state index is -0.968. The standard InChI is InChI=1S/C21H20N2O7/c1-13(20(25)22-11-14-6-7-17-18(10-14)28-12-27-17)29-19(24)8-9-23-15-4-2-3-5-16(15)30-21(23)26/h2-7,10,13H,8-9,11-12H2,1H3,(H,22,25)/t13-/m1/s1. The highest BCUT2D eigenvalue weighted by atomic mass is 16.7. The fourth-order valence-corrected chi connectivity index (χ4v) is 3.12. The van der Waals surface area contributed by atoms with Crippen molar-refractivity contribution in [2.24, 2.45) is 0 Å². The van der Waals surface area contributed by atoms with Gasteiger partial charge in [0, 0.05) is 13.1 Å². The monoisotopic (exact) mass is 412 g/mol. The van der Waals surface area contributed by atoms with Gasteiger partial charge in [-0.2, -0.15) is 0 Å². The van der Waals surface area contributed by atoms with Gasteiger partial charge in [0.1, 0.15) is 0 Å². The predicted molar refractivity (Wildman–Crippen MR) is 105 cm³/mol. The Morgan fingerprint density at radius 2 is 1.97 bits per heavy atom. The average molecular weight is 412 g/mol. The Hall–Kier alpha value is -3.75. The summed E-state index contributed by atoms with van der Waals surface area (Å²) >= 11 is 0. The Morgan fingerprint density at radius 1 is 1.17 bits per heavy atom. The zero-order chi connectivity index (χ0) is 21.1. The van der Waals surface area contributed by atoms with E-state index in [1.807, 2.05) is 6.07 Å². The van der Waals surface area contributed by atoms with Gasteiger partial charge in [-0.05, 0) is 36.8 Å². The number of benzene rings is 2. The van der Waals surface area contributed by atoms with Crippen molar-refractivity contribution in [3.63, 3.8) is 0 Å². The van der Waals surface area contributed by atoms with E-state index < -0.39 is 23.7 Å². The van der Waals surface area contributed by atoms with Crippen LogP contribution in [0.5, 0.6) is 11.5 Å². The number of hydrogen-bond acceptors (Lipinski definition) is 7. The maximum absolute atomic E-state index is 12.2. The van der Waals surface area contributed by atoms with Crippen LogP contribution in [0, 0.1) is 0 Å². The summed E-state index contributed by atoms with van der Waals surface area (Å²) < 4.78 is 22.2. The lowest BCUT2D eigenvalue weighted by Gasteiger charge is -2.14. The summed E-state index contributed by atoms with van der Waals surface area (Å²) in [7, 11) is 0. The number of fused-ring (bicyclic) bond motifs is 2. The summed E-state index contributed by atoms with van der Waals surface area (Å²) in [6, 6.07) is 12.3. The smallest absolute Gasteiger partial charge is 0.419 e. The molecule has 3 aromatic rings. The SMILES string of the molecule is C[C@@H](OC(=O)CCn1c(=O)oc2ccccc21)C(=O)NCc1ccc2c(c1)OCO2. The molecular formula is C21H20N2O7. The number of esters is 1. The maximum Gasteiger partial charge on any atom is 0.419 e. The Bertz CT molecular complexity index is 1150. The Morgan fingerprint density at radius 3 is 2.83 bits per heavy atom. The number of carbonyl (C=O) groups excluding carboxylic acids is 2. The lowest BCUT2D eigenvalue weighted by atomic mass is 10.2. The van der Waals surface area contributed by atoms with Crippen molar-refractivity contribution < 1.29 is 28.2 Å². The van der Waals surface area contributed by atoms with Crippen LogP contribution in [0.25, 0.3) is 11.1 Å². The van der Waals surface area contributed by atoms with Crippen LogP contribution in [0.1, 0.15) is 18.9 Å². The summed E-state index contributed by atoms with van der Waals surface area (Å²) in [5, 5.41) is 2.72. The van der Waals surface area contributed by atoms with Crippen molar-refractivity contribution in [1.29, 1.82) is 0 Å². The van der Waals surface area contributed by atoms with Gasteiger partial charge in [-0.1, -0.05) is 18.2 Å². The van der Waals surface area contributed by atoms with Gasteiger partial charge in [-0.25, -0.2) is 4.79 Å². The molecule has 1 N–H and O–H groups in total. The van der Waals surface area contributed by atoms with Crippen molar-refractivity contribution in [3.8, 4) is 11.5 Å². The summed E-state index contributed by atoms with van der Waals surface area (Å²) in [5.41, 5.74) is 1.88. The molecule has 0 spiro atoms. The molecule has 1 aliphatic rings. The van der Waals surface area contributed by atoms with Crippen LogP contribution in [0.4, 0.5) is 0 Å². The van der Waals surface area contributed by atoms with Gasteiger partial charge in [-0.3, -0.25) is 14.2 Å². The third-order valence-corrected chi connectivity index (χ3v) is 4.69. The van der Waals surface area contributed by atoms with Crippen molar-refractivity contribution in [2.45, 2.75) is 32.5 Å². The first kappa shape index (κ1) is 19.6. The van der Waals surface area contributed by atoms with Gasteiger partial charge in [0.05, 0.1) is 11.9 Å². The highest BCUT2D eigenvalue weighted by Gasteiger charge is 2.19. The molecule has 2 aromatic carbocycles. The van der Waals surface area contributed by atoms with E-state index in [9.17, 15) is 14.4 Å². The van der Waals surface area contributed by atoms with E-state index in [0.717, 1.165) is 5.56 Å². The second-order valence-electron chi connectivity index (χ2n) is 6.77. The van der Waals surface area contributed by atoms with Gasteiger partial charge in [0.2, 0.25) is 6.79 Å². The largest absolute Gasteiger partial charge is 0.454 e. The highest BCUT2D eigenvalue weighted by molar-refractivity contribution is 5.83. The number of amides is 1. The van der Waals surface area contributed by atoms with Crippen molar-refractivity contribution in [1.82, 2.24) is 9.88 Å². The summed E-state index contributed by atoms with van der Waals surface area (Å²) in [5.74, 6) is -0.261. The van der Waals surface area contributed by atoms with Crippen molar-refractivity contribution in [3.05, 3.63) is 58.6 Å². The van der Waals surface area contributed by atoms with Crippen LogP contribution in [0.3, 0.4) is 0 Å². The minimum Gasteiger partial charge on any atom is -0.454 e. The van der Waals surface area contributed by atoms with E-state index in [0.29, 0.717) is 22.6 Å². The first-order chi connectivity index (χ1) is 14.5. The maximum atomic E-state index is 12.2. The van der Waals surface area contributed by atoms with Gasteiger partial charge in [0.15, 0.2) is 23.2 Å². The van der Waals surface area contributed by atoms with Crippen LogP contribution >= 0.6 is 0 Å². The molecule has 1 atom stereocenters. The van der Waals surface area contributed by atoms with Crippen LogP contribution in [0.2, 0.25) is 0 Å². The third kappa shape index (κ3) is 4.14. The van der Waals surface area contributed by atoms with E-state index in [4.69, 9.17) is 18.6 Å². The van der Waals surface area contributed by atoms with E-state index in [1.165, 1.54) is 11.5 Å². The van der Waals surface area contributed by atoms with Gasteiger partial charge >= 0.3 is 11.7 Å². The number of nitrogens with one attached hydrogen (secondary N) is 1. The number of aryl methyl sites for hydroxylation is 1. The molecular weight excluding hydrogens is 392 g/mol. The fourth-order valence-electron chi connectivity index (χ4n) is 3.12. The Kier molecular flexibility index (Phi) is 5.42. The lowest BCUT2D eigenvalue weighted by molar-refractivity contribution is -0.155. The second kappa shape index (κ2) is 8.32. The van der Waals surface area contributed by atoms with Crippen molar-refractivity contribution >= 4 is 23.0 Å². The molecule has 2 heterocycles. The van der Waals surface area contributed by atoms with E-state index >= 15 is 0 Å². The number of aromatic nitrogens is 1. The molecule has 30 heavy (non-hydrogen) atoms. The third-order valence-electron chi connectivity index (χ3n) is 4.69. The number of nitrogens with zero attached hydrogens (tertiary/aromatic N) is 1. The summed E-state index contributed by atoms with van der Waals surface area (Å²) in [4.78, 5) is 36.3. The first-order valence-corrected chi connectivity index (χ1v) is 9.45. The zero-order valence-electron chi connectivity index (χ0n) is 16.3. The van der Waals surface area contributed by atoms with Crippen LogP contribution in [0.15, 0.2) is 51.7 Å². The molecule has 0 saturated carbocycles. The molecule has 9 nitrogen and oxygen atoms in total. The van der Waals surface area contributed by atoms with Crippen LogP contribution in [-0.4, -0.2) is 29.3 Å². The Balaban J connectivity index is 1.27. The van der Waals surface area contributed by atoms with E-state index in [-0.39, 0.29) is 26.3 Å². The number of oxazole rings is 1. The Labute approximate surface area is 171 Å². The lowest BCUT2D eigenvalue weighted by Crippen LogP contribution is -2.35. The average Bonchev–Trinajstić information content (AvgIpc) is 3.33. The predicted octanol–water partition coefficient (Wildman–Crippen LogP) is 1.96. The summed E-state index contributed by atoms with van der Waals surface area (Å²) in [6.07, 6.45) is -1.03. The van der Waals surface area contributed by atoms with E-state index in [1.54, 1.807) is 36.4 Å². The molecule has 0 radical (unpaired) electrons. The fraction of sp³-hybridized carbons (Fsp3) is 0.286. The molecule has 4 rings (SSSR count). The zero-order valence-corrected chi connectivity index (χ0v) is 16.3. The first-order valence-electron chi connectivity index (χ1n) is 9.45. The van der Waals surface area contributed by atoms with Gasteiger partial charge in [0.25, 0.3) is 5.91 Å². The minimum absolute atomic E-state index is 0.0663. The molecule has 1 aromatic heterocycles. The molecule has 9 heteroatoms. The number of ether oxygens (including phenoxy) is 3. The number of para-hydroxylation sites is 2. The van der Waals surface area contributed by atoms with Gasteiger partial charge in [-0.15, -0.1) is 0 Å². The molecule has 0 unspecified atom stereocenters. The van der Waals surface area contributed by atoms with Gasteiger partial charge < -0.3 is 23.9 Å². The molecule has 1 amide bonds. The van der Waals surface area contributed by atoms with Crippen molar-refractivity contribution in [2.75, 3.05) is 6.79 Å².